The maximum absolute atomic E-state index is 11.7. The summed E-state index contributed by atoms with van der Waals surface area (Å²) in [5.74, 6) is 1.06. The van der Waals surface area contributed by atoms with Crippen LogP contribution in [-0.2, 0) is 10.0 Å². The molecule has 0 atom stereocenters. The first-order valence-electron chi connectivity index (χ1n) is 8.01. The largest absolute Gasteiger partial charge is 0.356 e. The first-order chi connectivity index (χ1) is 11.0. The minimum absolute atomic E-state index is 0.0577. The molecule has 0 aliphatic heterocycles. The number of hydrogen-bond acceptors (Lipinski definition) is 5. The molecule has 23 heavy (non-hydrogen) atoms. The molecule has 1 fully saturated rings. The molecule has 0 aromatic carbocycles. The molecule has 0 saturated heterocycles. The quantitative estimate of drug-likeness (QED) is 0.865. The average molecular weight is 337 g/mol. The Bertz CT molecular complexity index is 765. The van der Waals surface area contributed by atoms with Crippen molar-refractivity contribution < 1.29 is 8.42 Å². The van der Waals surface area contributed by atoms with Gasteiger partial charge in [-0.05, 0) is 38.7 Å². The van der Waals surface area contributed by atoms with E-state index in [1.165, 1.54) is 0 Å². The molecule has 2 aromatic heterocycles. The Kier molecular flexibility index (Phi) is 4.54. The summed E-state index contributed by atoms with van der Waals surface area (Å²) in [6, 6.07) is 2.41. The predicted molar refractivity (Wildman–Crippen MR) is 90.9 cm³/mol. The lowest BCUT2D eigenvalue weighted by Crippen LogP contribution is -2.43. The Labute approximate surface area is 136 Å². The molecule has 1 saturated carbocycles. The number of anilines is 1. The van der Waals surface area contributed by atoms with Crippen LogP contribution in [-0.4, -0.2) is 48.3 Å². The van der Waals surface area contributed by atoms with Gasteiger partial charge in [0, 0.05) is 25.3 Å². The summed E-state index contributed by atoms with van der Waals surface area (Å²) in [7, 11) is -1.07. The molecule has 3 rings (SSSR count). The van der Waals surface area contributed by atoms with Crippen molar-refractivity contribution >= 4 is 26.9 Å². The van der Waals surface area contributed by atoms with Gasteiger partial charge in [-0.15, -0.1) is 0 Å². The van der Waals surface area contributed by atoms with E-state index in [1.54, 1.807) is 13.3 Å². The number of aromatic amines is 1. The first-order valence-corrected chi connectivity index (χ1v) is 9.66. The van der Waals surface area contributed by atoms with E-state index in [-0.39, 0.29) is 11.8 Å². The summed E-state index contributed by atoms with van der Waals surface area (Å²) >= 11 is 0. The lowest BCUT2D eigenvalue weighted by Gasteiger charge is -2.35. The van der Waals surface area contributed by atoms with Crippen molar-refractivity contribution in [1.82, 2.24) is 19.7 Å². The van der Waals surface area contributed by atoms with Crippen LogP contribution in [0.3, 0.4) is 0 Å². The molecule has 0 amide bonds. The predicted octanol–water partition coefficient (Wildman–Crippen LogP) is 1.64. The fourth-order valence-corrected chi connectivity index (χ4v) is 4.14. The number of nitrogens with zero attached hydrogens (tertiary/aromatic N) is 3. The van der Waals surface area contributed by atoms with Crippen LogP contribution >= 0.6 is 0 Å². The smallest absolute Gasteiger partial charge is 0.211 e. The standard InChI is InChI=1S/C15H23N5O2S/c1-3-23(21,22)19-11-4-6-12(7-5-11)20(2)15-13-8-9-16-14(13)17-10-18-15/h8-12,19H,3-7H2,1-2H3,(H,16,17,18). The molecule has 0 unspecified atom stereocenters. The van der Waals surface area contributed by atoms with Gasteiger partial charge in [-0.1, -0.05) is 0 Å². The molecule has 0 spiro atoms. The second-order valence-electron chi connectivity index (χ2n) is 6.07. The Morgan fingerprint density at radius 3 is 2.74 bits per heavy atom. The van der Waals surface area contributed by atoms with Gasteiger partial charge < -0.3 is 9.88 Å². The number of sulfonamides is 1. The minimum Gasteiger partial charge on any atom is -0.356 e. The van der Waals surface area contributed by atoms with E-state index in [2.05, 4.69) is 31.6 Å². The highest BCUT2D eigenvalue weighted by atomic mass is 32.2. The van der Waals surface area contributed by atoms with E-state index in [0.29, 0.717) is 6.04 Å². The molecule has 1 aliphatic carbocycles. The number of aromatic nitrogens is 3. The second-order valence-corrected chi connectivity index (χ2v) is 8.12. The third kappa shape index (κ3) is 3.48. The summed E-state index contributed by atoms with van der Waals surface area (Å²) in [5, 5.41) is 1.02. The third-order valence-corrected chi connectivity index (χ3v) is 6.09. The van der Waals surface area contributed by atoms with Gasteiger partial charge in [0.2, 0.25) is 10.0 Å². The molecule has 2 aromatic rings. The number of hydrogen-bond donors (Lipinski definition) is 2. The molecule has 8 heteroatoms. The highest BCUT2D eigenvalue weighted by molar-refractivity contribution is 7.89. The number of nitrogens with one attached hydrogen (secondary N) is 2. The van der Waals surface area contributed by atoms with E-state index in [0.717, 1.165) is 42.5 Å². The molecular weight excluding hydrogens is 314 g/mol. The van der Waals surface area contributed by atoms with Crippen molar-refractivity contribution in [3.8, 4) is 0 Å². The number of rotatable bonds is 5. The fourth-order valence-electron chi connectivity index (χ4n) is 3.23. The van der Waals surface area contributed by atoms with Gasteiger partial charge in [0.15, 0.2) is 0 Å². The molecule has 1 aliphatic rings. The fraction of sp³-hybridized carbons (Fsp3) is 0.600. The molecule has 2 N–H and O–H groups in total. The highest BCUT2D eigenvalue weighted by Gasteiger charge is 2.27. The van der Waals surface area contributed by atoms with Gasteiger partial charge in [-0.25, -0.2) is 23.1 Å². The SMILES string of the molecule is CCS(=O)(=O)NC1CCC(N(C)c2ncnc3[nH]ccc23)CC1. The van der Waals surface area contributed by atoms with Crippen molar-refractivity contribution in [2.24, 2.45) is 0 Å². The van der Waals surface area contributed by atoms with Crippen LogP contribution in [0.25, 0.3) is 11.0 Å². The van der Waals surface area contributed by atoms with Crippen molar-refractivity contribution in [2.45, 2.75) is 44.7 Å². The molecule has 7 nitrogen and oxygen atoms in total. The maximum atomic E-state index is 11.7. The van der Waals surface area contributed by atoms with Crippen molar-refractivity contribution in [1.29, 1.82) is 0 Å². The van der Waals surface area contributed by atoms with Gasteiger partial charge in [0.05, 0.1) is 11.1 Å². The molecule has 0 bridgehead atoms. The van der Waals surface area contributed by atoms with Crippen LogP contribution in [0.15, 0.2) is 18.6 Å². The average Bonchev–Trinajstić information content (AvgIpc) is 3.03. The molecule has 2 heterocycles. The van der Waals surface area contributed by atoms with Crippen molar-refractivity contribution in [2.75, 3.05) is 17.7 Å². The zero-order valence-electron chi connectivity index (χ0n) is 13.5. The monoisotopic (exact) mass is 337 g/mol. The topological polar surface area (TPSA) is 91.0 Å². The molecule has 126 valence electrons. The number of H-pyrrole nitrogens is 1. The summed E-state index contributed by atoms with van der Waals surface area (Å²) in [6.07, 6.45) is 7.05. The first kappa shape index (κ1) is 16.2. The van der Waals surface area contributed by atoms with Crippen LogP contribution in [0.4, 0.5) is 5.82 Å². The van der Waals surface area contributed by atoms with Crippen LogP contribution in [0, 0.1) is 0 Å². The van der Waals surface area contributed by atoms with Gasteiger partial charge in [0.1, 0.15) is 17.8 Å². The van der Waals surface area contributed by atoms with E-state index in [1.807, 2.05) is 12.3 Å². The third-order valence-electron chi connectivity index (χ3n) is 4.64. The lowest BCUT2D eigenvalue weighted by atomic mass is 9.91. The van der Waals surface area contributed by atoms with Crippen LogP contribution in [0.5, 0.6) is 0 Å². The maximum Gasteiger partial charge on any atom is 0.211 e. The van der Waals surface area contributed by atoms with Crippen LogP contribution < -0.4 is 9.62 Å². The van der Waals surface area contributed by atoms with Crippen molar-refractivity contribution in [3.63, 3.8) is 0 Å². The van der Waals surface area contributed by atoms with Crippen molar-refractivity contribution in [3.05, 3.63) is 18.6 Å². The summed E-state index contributed by atoms with van der Waals surface area (Å²) in [6.45, 7) is 1.67. The Balaban J connectivity index is 1.67. The summed E-state index contributed by atoms with van der Waals surface area (Å²) < 4.78 is 26.2. The summed E-state index contributed by atoms with van der Waals surface area (Å²) in [5.41, 5.74) is 0.839. The van der Waals surface area contributed by atoms with E-state index < -0.39 is 10.0 Å². The van der Waals surface area contributed by atoms with E-state index in [9.17, 15) is 8.42 Å². The second kappa shape index (κ2) is 6.45. The van der Waals surface area contributed by atoms with Gasteiger partial charge in [0.25, 0.3) is 0 Å². The highest BCUT2D eigenvalue weighted by Crippen LogP contribution is 2.29. The van der Waals surface area contributed by atoms with Gasteiger partial charge in [-0.2, -0.15) is 0 Å². The van der Waals surface area contributed by atoms with E-state index >= 15 is 0 Å². The zero-order chi connectivity index (χ0) is 16.4. The molecule has 0 radical (unpaired) electrons. The Hall–Kier alpha value is -1.67. The summed E-state index contributed by atoms with van der Waals surface area (Å²) in [4.78, 5) is 13.9. The molecular formula is C15H23N5O2S. The Morgan fingerprint density at radius 1 is 1.30 bits per heavy atom. The van der Waals surface area contributed by atoms with E-state index in [4.69, 9.17) is 0 Å². The van der Waals surface area contributed by atoms with Gasteiger partial charge >= 0.3 is 0 Å². The lowest BCUT2D eigenvalue weighted by molar-refractivity contribution is 0.365. The van der Waals surface area contributed by atoms with Crippen LogP contribution in [0.1, 0.15) is 32.6 Å². The number of fused-ring (bicyclic) bond motifs is 1. The normalized spacial score (nSPS) is 22.3. The Morgan fingerprint density at radius 2 is 2.04 bits per heavy atom. The zero-order valence-corrected chi connectivity index (χ0v) is 14.3. The minimum atomic E-state index is -3.12. The van der Waals surface area contributed by atoms with Crippen LogP contribution in [0.2, 0.25) is 0 Å². The van der Waals surface area contributed by atoms with Gasteiger partial charge in [-0.3, -0.25) is 0 Å².